The van der Waals surface area contributed by atoms with Crippen molar-refractivity contribution in [2.75, 3.05) is 41.3 Å². The van der Waals surface area contributed by atoms with Crippen molar-refractivity contribution in [2.45, 2.75) is 0 Å². The maximum atomic E-state index is 13.4. The number of halogens is 2. The van der Waals surface area contributed by atoms with Crippen LogP contribution in [0.1, 0.15) is 0 Å². The standard InChI is InChI=1S/C19H18F2N6/c20-16-7-6-14(12-17(16)21)23-18-13-22-25-19(24-18)27-10-8-26(9-11-27)15-4-2-1-3-5-15/h1-7,12-13H,8-11H2,(H,23,24,25). The van der Waals surface area contributed by atoms with Crippen LogP contribution in [-0.4, -0.2) is 41.4 Å². The number of hydrogen-bond acceptors (Lipinski definition) is 6. The van der Waals surface area contributed by atoms with Crippen LogP contribution in [0.25, 0.3) is 0 Å². The van der Waals surface area contributed by atoms with Gasteiger partial charge in [-0.05, 0) is 24.3 Å². The van der Waals surface area contributed by atoms with Gasteiger partial charge in [0.05, 0.1) is 6.20 Å². The SMILES string of the molecule is Fc1ccc(Nc2cnnc(N3CCN(c4ccccc4)CC3)n2)cc1F. The molecule has 1 aromatic heterocycles. The zero-order valence-electron chi connectivity index (χ0n) is 14.5. The molecule has 0 atom stereocenters. The summed E-state index contributed by atoms with van der Waals surface area (Å²) in [6.45, 7) is 3.25. The molecule has 0 spiro atoms. The van der Waals surface area contributed by atoms with Crippen molar-refractivity contribution in [3.8, 4) is 0 Å². The summed E-state index contributed by atoms with van der Waals surface area (Å²) in [5.74, 6) is -0.871. The Morgan fingerprint density at radius 2 is 1.59 bits per heavy atom. The summed E-state index contributed by atoms with van der Waals surface area (Å²) >= 11 is 0. The van der Waals surface area contributed by atoms with Gasteiger partial charge in [0.15, 0.2) is 17.5 Å². The first kappa shape index (κ1) is 17.1. The number of nitrogens with zero attached hydrogens (tertiary/aromatic N) is 5. The second-order valence-corrected chi connectivity index (χ2v) is 6.21. The number of para-hydroxylation sites is 1. The smallest absolute Gasteiger partial charge is 0.247 e. The van der Waals surface area contributed by atoms with E-state index in [4.69, 9.17) is 0 Å². The van der Waals surface area contributed by atoms with E-state index in [2.05, 4.69) is 42.4 Å². The number of aromatic nitrogens is 3. The largest absolute Gasteiger partial charge is 0.368 e. The average molecular weight is 368 g/mol. The topological polar surface area (TPSA) is 57.2 Å². The number of rotatable bonds is 4. The van der Waals surface area contributed by atoms with Crippen molar-refractivity contribution < 1.29 is 8.78 Å². The van der Waals surface area contributed by atoms with Gasteiger partial charge in [-0.15, -0.1) is 5.10 Å². The zero-order valence-corrected chi connectivity index (χ0v) is 14.5. The molecule has 6 nitrogen and oxygen atoms in total. The summed E-state index contributed by atoms with van der Waals surface area (Å²) < 4.78 is 26.4. The van der Waals surface area contributed by atoms with Crippen molar-refractivity contribution in [3.05, 3.63) is 66.4 Å². The highest BCUT2D eigenvalue weighted by atomic mass is 19.2. The van der Waals surface area contributed by atoms with E-state index in [-0.39, 0.29) is 0 Å². The second-order valence-electron chi connectivity index (χ2n) is 6.21. The summed E-state index contributed by atoms with van der Waals surface area (Å²) in [5.41, 5.74) is 1.60. The Kier molecular flexibility index (Phi) is 4.78. The van der Waals surface area contributed by atoms with Crippen LogP contribution >= 0.6 is 0 Å². The first-order valence-corrected chi connectivity index (χ1v) is 8.66. The fourth-order valence-corrected chi connectivity index (χ4v) is 3.01. The Bertz CT molecular complexity index is 913. The van der Waals surface area contributed by atoms with Gasteiger partial charge in [-0.25, -0.2) is 8.78 Å². The molecule has 27 heavy (non-hydrogen) atoms. The number of benzene rings is 2. The maximum absolute atomic E-state index is 13.4. The second kappa shape index (κ2) is 7.53. The van der Waals surface area contributed by atoms with Gasteiger partial charge in [-0.2, -0.15) is 10.1 Å². The molecule has 0 bridgehead atoms. The van der Waals surface area contributed by atoms with Crippen molar-refractivity contribution in [1.29, 1.82) is 0 Å². The molecule has 0 radical (unpaired) electrons. The fraction of sp³-hybridized carbons (Fsp3) is 0.211. The minimum atomic E-state index is -0.917. The lowest BCUT2D eigenvalue weighted by Gasteiger charge is -2.35. The Balaban J connectivity index is 1.43. The summed E-state index contributed by atoms with van der Waals surface area (Å²) in [7, 11) is 0. The van der Waals surface area contributed by atoms with Crippen LogP contribution in [-0.2, 0) is 0 Å². The van der Waals surface area contributed by atoms with E-state index in [0.717, 1.165) is 38.3 Å². The Morgan fingerprint density at radius 3 is 2.33 bits per heavy atom. The Hall–Kier alpha value is -3.29. The Morgan fingerprint density at radius 1 is 0.852 bits per heavy atom. The first-order chi connectivity index (χ1) is 13.2. The van der Waals surface area contributed by atoms with E-state index in [1.165, 1.54) is 18.0 Å². The van der Waals surface area contributed by atoms with Crippen molar-refractivity contribution in [3.63, 3.8) is 0 Å². The molecule has 0 amide bonds. The normalized spacial score (nSPS) is 14.3. The fourth-order valence-electron chi connectivity index (χ4n) is 3.01. The van der Waals surface area contributed by atoms with Crippen molar-refractivity contribution in [2.24, 2.45) is 0 Å². The van der Waals surface area contributed by atoms with Crippen LogP contribution in [0.3, 0.4) is 0 Å². The molecule has 0 aliphatic carbocycles. The van der Waals surface area contributed by atoms with Crippen LogP contribution in [0, 0.1) is 11.6 Å². The molecule has 1 aliphatic rings. The lowest BCUT2D eigenvalue weighted by molar-refractivity contribution is 0.509. The molecule has 138 valence electrons. The number of anilines is 4. The highest BCUT2D eigenvalue weighted by Crippen LogP contribution is 2.20. The highest BCUT2D eigenvalue weighted by molar-refractivity contribution is 5.56. The third-order valence-corrected chi connectivity index (χ3v) is 4.42. The quantitative estimate of drug-likeness (QED) is 0.763. The number of hydrogen-bond donors (Lipinski definition) is 1. The van der Waals surface area contributed by atoms with Gasteiger partial charge < -0.3 is 15.1 Å². The molecule has 2 aromatic carbocycles. The molecule has 8 heteroatoms. The minimum Gasteiger partial charge on any atom is -0.368 e. The van der Waals surface area contributed by atoms with E-state index < -0.39 is 11.6 Å². The summed E-state index contributed by atoms with van der Waals surface area (Å²) in [6, 6.07) is 13.8. The predicted molar refractivity (Wildman–Crippen MR) is 100 cm³/mol. The van der Waals surface area contributed by atoms with Gasteiger partial charge in [0, 0.05) is 43.6 Å². The monoisotopic (exact) mass is 368 g/mol. The van der Waals surface area contributed by atoms with Gasteiger partial charge in [-0.1, -0.05) is 18.2 Å². The van der Waals surface area contributed by atoms with Crippen molar-refractivity contribution >= 4 is 23.1 Å². The van der Waals surface area contributed by atoms with E-state index in [1.807, 2.05) is 18.2 Å². The molecular weight excluding hydrogens is 350 g/mol. The molecule has 0 unspecified atom stereocenters. The van der Waals surface area contributed by atoms with Gasteiger partial charge in [0.1, 0.15) is 0 Å². The maximum Gasteiger partial charge on any atom is 0.247 e. The molecule has 1 saturated heterocycles. The van der Waals surface area contributed by atoms with E-state index >= 15 is 0 Å². The number of nitrogens with one attached hydrogen (secondary N) is 1. The zero-order chi connectivity index (χ0) is 18.6. The highest BCUT2D eigenvalue weighted by Gasteiger charge is 2.19. The average Bonchev–Trinajstić information content (AvgIpc) is 2.72. The van der Waals surface area contributed by atoms with Crippen molar-refractivity contribution in [1.82, 2.24) is 15.2 Å². The van der Waals surface area contributed by atoms with Crippen LogP contribution in [0.15, 0.2) is 54.7 Å². The molecule has 1 fully saturated rings. The molecule has 0 saturated carbocycles. The minimum absolute atomic E-state index is 0.397. The third-order valence-electron chi connectivity index (χ3n) is 4.42. The third kappa shape index (κ3) is 3.94. The molecule has 1 N–H and O–H groups in total. The first-order valence-electron chi connectivity index (χ1n) is 8.66. The predicted octanol–water partition coefficient (Wildman–Crippen LogP) is 3.22. The van der Waals surface area contributed by atoms with Gasteiger partial charge in [0.25, 0.3) is 0 Å². The van der Waals surface area contributed by atoms with E-state index in [0.29, 0.717) is 17.5 Å². The summed E-state index contributed by atoms with van der Waals surface area (Å²) in [5, 5.41) is 11.0. The van der Waals surface area contributed by atoms with Crippen LogP contribution in [0.2, 0.25) is 0 Å². The Labute approximate surface area is 155 Å². The molecule has 3 aromatic rings. The molecule has 4 rings (SSSR count). The van der Waals surface area contributed by atoms with Crippen LogP contribution in [0.5, 0.6) is 0 Å². The lowest BCUT2D eigenvalue weighted by Crippen LogP contribution is -2.47. The number of piperazine rings is 1. The van der Waals surface area contributed by atoms with Gasteiger partial charge in [-0.3, -0.25) is 0 Å². The van der Waals surface area contributed by atoms with E-state index in [1.54, 1.807) is 0 Å². The molecule has 1 aliphatic heterocycles. The van der Waals surface area contributed by atoms with E-state index in [9.17, 15) is 8.78 Å². The molecular formula is C19H18F2N6. The summed E-state index contributed by atoms with van der Waals surface area (Å²) in [6.07, 6.45) is 1.45. The van der Waals surface area contributed by atoms with Gasteiger partial charge >= 0.3 is 0 Å². The lowest BCUT2D eigenvalue weighted by atomic mass is 10.2. The van der Waals surface area contributed by atoms with Gasteiger partial charge in [0.2, 0.25) is 5.95 Å². The summed E-state index contributed by atoms with van der Waals surface area (Å²) in [4.78, 5) is 8.82. The molecule has 2 heterocycles. The van der Waals surface area contributed by atoms with Crippen LogP contribution < -0.4 is 15.1 Å². The van der Waals surface area contributed by atoms with Crippen LogP contribution in [0.4, 0.5) is 31.9 Å².